The van der Waals surface area contributed by atoms with Gasteiger partial charge in [0.1, 0.15) is 0 Å². The molecule has 0 radical (unpaired) electrons. The van der Waals surface area contributed by atoms with Crippen molar-refractivity contribution in [2.75, 3.05) is 11.9 Å². The summed E-state index contributed by atoms with van der Waals surface area (Å²) in [5.74, 6) is -1.94. The Morgan fingerprint density at radius 3 is 2.45 bits per heavy atom. The van der Waals surface area contributed by atoms with Gasteiger partial charge in [0.25, 0.3) is 0 Å². The molecule has 8 heteroatoms. The smallest absolute Gasteiger partial charge is 0.348 e. The fourth-order valence-corrected chi connectivity index (χ4v) is 1.55. The van der Waals surface area contributed by atoms with Gasteiger partial charge in [-0.05, 0) is 24.6 Å². The average molecular weight is 309 g/mol. The highest BCUT2D eigenvalue weighted by atomic mass is 35.5. The van der Waals surface area contributed by atoms with Crippen molar-refractivity contribution in [2.24, 2.45) is 0 Å². The number of nitrogens with one attached hydrogen (secondary N) is 2. The van der Waals surface area contributed by atoms with Crippen LogP contribution in [0, 0.1) is 0 Å². The van der Waals surface area contributed by atoms with Gasteiger partial charge in [-0.3, -0.25) is 9.59 Å². The van der Waals surface area contributed by atoms with Crippen molar-refractivity contribution in [3.05, 3.63) is 28.8 Å². The van der Waals surface area contributed by atoms with Gasteiger partial charge in [-0.15, -0.1) is 0 Å². The van der Waals surface area contributed by atoms with Crippen LogP contribution >= 0.6 is 11.6 Å². The van der Waals surface area contributed by atoms with E-state index in [9.17, 15) is 22.8 Å². The van der Waals surface area contributed by atoms with Gasteiger partial charge >= 0.3 is 18.0 Å². The molecule has 2 N–H and O–H groups in total. The Kier molecular flexibility index (Phi) is 5.38. The van der Waals surface area contributed by atoms with Crippen LogP contribution in [0.1, 0.15) is 18.9 Å². The van der Waals surface area contributed by atoms with Gasteiger partial charge in [-0.25, -0.2) is 0 Å². The molecule has 0 aliphatic heterocycles. The van der Waals surface area contributed by atoms with E-state index in [-0.39, 0.29) is 5.69 Å². The topological polar surface area (TPSA) is 58.2 Å². The maximum absolute atomic E-state index is 12.6. The number of carbonyl (C=O) groups is 2. The van der Waals surface area contributed by atoms with Crippen molar-refractivity contribution in [1.82, 2.24) is 5.32 Å². The van der Waals surface area contributed by atoms with Gasteiger partial charge in [-0.2, -0.15) is 13.2 Å². The molecule has 0 spiro atoms. The van der Waals surface area contributed by atoms with Gasteiger partial charge in [0.2, 0.25) is 0 Å². The first-order valence-corrected chi connectivity index (χ1v) is 6.09. The minimum Gasteiger partial charge on any atom is -0.348 e. The van der Waals surface area contributed by atoms with Crippen molar-refractivity contribution >= 4 is 29.1 Å². The van der Waals surface area contributed by atoms with E-state index in [1.807, 2.05) is 0 Å². The fourth-order valence-electron chi connectivity index (χ4n) is 1.33. The van der Waals surface area contributed by atoms with Crippen molar-refractivity contribution in [3.63, 3.8) is 0 Å². The third-order valence-electron chi connectivity index (χ3n) is 2.27. The molecule has 0 atom stereocenters. The first kappa shape index (κ1) is 16.3. The zero-order valence-electron chi connectivity index (χ0n) is 10.5. The number of amides is 2. The highest BCUT2D eigenvalue weighted by molar-refractivity contribution is 6.39. The Balaban J connectivity index is 2.84. The highest BCUT2D eigenvalue weighted by Crippen LogP contribution is 2.36. The van der Waals surface area contributed by atoms with Crippen LogP contribution in [0.3, 0.4) is 0 Å². The van der Waals surface area contributed by atoms with E-state index in [1.54, 1.807) is 6.92 Å². The second-order valence-electron chi connectivity index (χ2n) is 3.90. The molecule has 0 saturated carbocycles. The molecule has 1 aromatic carbocycles. The van der Waals surface area contributed by atoms with Crippen LogP contribution in [0.2, 0.25) is 5.02 Å². The van der Waals surface area contributed by atoms with E-state index in [0.717, 1.165) is 6.07 Å². The van der Waals surface area contributed by atoms with Crippen molar-refractivity contribution < 1.29 is 22.8 Å². The summed E-state index contributed by atoms with van der Waals surface area (Å²) in [5.41, 5.74) is -1.23. The first-order chi connectivity index (χ1) is 9.25. The Bertz CT molecular complexity index is 518. The van der Waals surface area contributed by atoms with E-state index in [4.69, 9.17) is 11.6 Å². The second-order valence-corrected chi connectivity index (χ2v) is 4.31. The third kappa shape index (κ3) is 4.41. The molecular weight excluding hydrogens is 297 g/mol. The number of hydrogen-bond donors (Lipinski definition) is 2. The van der Waals surface area contributed by atoms with E-state index in [2.05, 4.69) is 10.6 Å². The number of benzene rings is 1. The molecule has 0 heterocycles. The summed E-state index contributed by atoms with van der Waals surface area (Å²) in [7, 11) is 0. The Hall–Kier alpha value is -1.76. The second kappa shape index (κ2) is 6.60. The first-order valence-electron chi connectivity index (χ1n) is 5.71. The lowest BCUT2D eigenvalue weighted by Gasteiger charge is -2.11. The van der Waals surface area contributed by atoms with Gasteiger partial charge in [-0.1, -0.05) is 18.5 Å². The summed E-state index contributed by atoms with van der Waals surface area (Å²) in [5, 5.41) is 3.91. The molecule has 0 fully saturated rings. The van der Waals surface area contributed by atoms with Gasteiger partial charge in [0, 0.05) is 12.2 Å². The van der Waals surface area contributed by atoms with Gasteiger partial charge in [0.05, 0.1) is 10.6 Å². The number of rotatable bonds is 3. The number of alkyl halides is 3. The largest absolute Gasteiger partial charge is 0.417 e. The molecule has 4 nitrogen and oxygen atoms in total. The predicted molar refractivity (Wildman–Crippen MR) is 68.4 cm³/mol. The fraction of sp³-hybridized carbons (Fsp3) is 0.333. The number of hydrogen-bond acceptors (Lipinski definition) is 2. The summed E-state index contributed by atoms with van der Waals surface area (Å²) in [4.78, 5) is 22.7. The Morgan fingerprint density at radius 2 is 1.90 bits per heavy atom. The van der Waals surface area contributed by atoms with E-state index in [1.165, 1.54) is 6.07 Å². The van der Waals surface area contributed by atoms with Crippen LogP contribution in [0.5, 0.6) is 0 Å². The average Bonchev–Trinajstić information content (AvgIpc) is 2.36. The highest BCUT2D eigenvalue weighted by Gasteiger charge is 2.33. The molecule has 0 aromatic heterocycles. The third-order valence-corrected chi connectivity index (χ3v) is 2.60. The van der Waals surface area contributed by atoms with E-state index < -0.39 is 28.6 Å². The molecule has 110 valence electrons. The minimum absolute atomic E-state index is 0.154. The summed E-state index contributed by atoms with van der Waals surface area (Å²) in [6, 6.07) is 2.86. The van der Waals surface area contributed by atoms with E-state index >= 15 is 0 Å². The molecule has 1 aromatic rings. The SMILES string of the molecule is CCCNC(=O)C(=O)Nc1ccc(Cl)c(C(F)(F)F)c1. The molecule has 0 aliphatic rings. The minimum atomic E-state index is -4.64. The van der Waals surface area contributed by atoms with Gasteiger partial charge < -0.3 is 10.6 Å². The normalized spacial score (nSPS) is 11.1. The predicted octanol–water partition coefficient (Wildman–Crippen LogP) is 2.82. The lowest BCUT2D eigenvalue weighted by Crippen LogP contribution is -2.35. The summed E-state index contributed by atoms with van der Waals surface area (Å²) in [6.45, 7) is 2.10. The quantitative estimate of drug-likeness (QED) is 0.844. The van der Waals surface area contributed by atoms with Crippen LogP contribution in [0.25, 0.3) is 0 Å². The molecule has 20 heavy (non-hydrogen) atoms. The molecular formula is C12H12ClF3N2O2. The number of anilines is 1. The van der Waals surface area contributed by atoms with Crippen LogP contribution < -0.4 is 10.6 Å². The zero-order chi connectivity index (χ0) is 15.3. The molecule has 0 aliphatic carbocycles. The molecule has 0 unspecified atom stereocenters. The number of carbonyl (C=O) groups excluding carboxylic acids is 2. The summed E-state index contributed by atoms with van der Waals surface area (Å²) < 4.78 is 37.8. The molecule has 2 amide bonds. The lowest BCUT2D eigenvalue weighted by atomic mass is 10.2. The van der Waals surface area contributed by atoms with Crippen LogP contribution in [0.15, 0.2) is 18.2 Å². The summed E-state index contributed by atoms with van der Waals surface area (Å²) >= 11 is 5.44. The van der Waals surface area contributed by atoms with Gasteiger partial charge in [0.15, 0.2) is 0 Å². The van der Waals surface area contributed by atoms with Crippen LogP contribution in [0.4, 0.5) is 18.9 Å². The Labute approximate surface area is 118 Å². The van der Waals surface area contributed by atoms with E-state index in [0.29, 0.717) is 19.0 Å². The molecule has 0 bridgehead atoms. The maximum Gasteiger partial charge on any atom is 0.417 e. The lowest BCUT2D eigenvalue weighted by molar-refractivity contribution is -0.137. The van der Waals surface area contributed by atoms with Crippen LogP contribution in [-0.2, 0) is 15.8 Å². The van der Waals surface area contributed by atoms with Crippen molar-refractivity contribution in [2.45, 2.75) is 19.5 Å². The van der Waals surface area contributed by atoms with Crippen LogP contribution in [-0.4, -0.2) is 18.4 Å². The Morgan fingerprint density at radius 1 is 1.25 bits per heavy atom. The van der Waals surface area contributed by atoms with Crippen molar-refractivity contribution in [1.29, 1.82) is 0 Å². The maximum atomic E-state index is 12.6. The monoisotopic (exact) mass is 308 g/mol. The zero-order valence-corrected chi connectivity index (χ0v) is 11.2. The molecule has 1 rings (SSSR count). The summed E-state index contributed by atoms with van der Waals surface area (Å²) in [6.07, 6.45) is -4.00. The molecule has 0 saturated heterocycles. The number of halogens is 4. The van der Waals surface area contributed by atoms with Crippen molar-refractivity contribution in [3.8, 4) is 0 Å². The standard InChI is InChI=1S/C12H12ClF3N2O2/c1-2-5-17-10(19)11(20)18-7-3-4-9(13)8(6-7)12(14,15)16/h3-4,6H,2,5H2,1H3,(H,17,19)(H,18,20).